The summed E-state index contributed by atoms with van der Waals surface area (Å²) in [5, 5.41) is 18.2. The Labute approximate surface area is 113 Å². The summed E-state index contributed by atoms with van der Waals surface area (Å²) in [6.07, 6.45) is 0.802. The summed E-state index contributed by atoms with van der Waals surface area (Å²) in [6, 6.07) is 9.63. The van der Waals surface area contributed by atoms with Crippen molar-refractivity contribution in [2.45, 2.75) is 39.7 Å². The number of aliphatic hydroxyl groups excluding tert-OH is 1. The lowest BCUT2D eigenvalue weighted by Gasteiger charge is -2.28. The lowest BCUT2D eigenvalue weighted by Crippen LogP contribution is -2.30. The van der Waals surface area contributed by atoms with Crippen LogP contribution in [0.1, 0.15) is 33.1 Å². The molecule has 0 fully saturated rings. The van der Waals surface area contributed by atoms with Crippen LogP contribution < -0.4 is 0 Å². The van der Waals surface area contributed by atoms with Gasteiger partial charge in [-0.05, 0) is 24.0 Å². The van der Waals surface area contributed by atoms with Gasteiger partial charge >= 0.3 is 0 Å². The minimum atomic E-state index is -0.485. The predicted molar refractivity (Wildman–Crippen MR) is 73.5 cm³/mol. The molecule has 1 aromatic heterocycles. The quantitative estimate of drug-likeness (QED) is 0.897. The lowest BCUT2D eigenvalue weighted by molar-refractivity contribution is 0.0429. The fourth-order valence-corrected chi connectivity index (χ4v) is 1.71. The molecule has 4 nitrogen and oxygen atoms in total. The summed E-state index contributed by atoms with van der Waals surface area (Å²) in [7, 11) is 0. The molecule has 1 heterocycles. The second kappa shape index (κ2) is 5.53. The van der Waals surface area contributed by atoms with E-state index >= 15 is 0 Å². The number of aromatic nitrogens is 2. The molecule has 0 bridgehead atoms. The highest BCUT2D eigenvalue weighted by Crippen LogP contribution is 2.27. The van der Waals surface area contributed by atoms with E-state index in [0.29, 0.717) is 18.2 Å². The van der Waals surface area contributed by atoms with Crippen LogP contribution in [-0.4, -0.2) is 21.4 Å². The maximum Gasteiger partial charge on any atom is 0.247 e. The monoisotopic (exact) mass is 260 g/mol. The fourth-order valence-electron chi connectivity index (χ4n) is 1.71. The molecule has 4 heteroatoms. The number of hydrogen-bond donors (Lipinski definition) is 1. The van der Waals surface area contributed by atoms with Crippen molar-refractivity contribution in [2.75, 3.05) is 0 Å². The van der Waals surface area contributed by atoms with Gasteiger partial charge in [-0.3, -0.25) is 0 Å². The van der Waals surface area contributed by atoms with Crippen LogP contribution in [0.4, 0.5) is 0 Å². The highest BCUT2D eigenvalue weighted by atomic mass is 16.4. The number of rotatable bonds is 5. The van der Waals surface area contributed by atoms with Gasteiger partial charge in [-0.1, -0.05) is 39.0 Å². The molecule has 0 radical (unpaired) electrons. The summed E-state index contributed by atoms with van der Waals surface area (Å²) in [5.41, 5.74) is 0.743. The smallest absolute Gasteiger partial charge is 0.247 e. The summed E-state index contributed by atoms with van der Waals surface area (Å²) in [4.78, 5) is 0. The van der Waals surface area contributed by atoms with Crippen LogP contribution in [0.5, 0.6) is 0 Å². The molecule has 1 N–H and O–H groups in total. The molecule has 1 atom stereocenters. The van der Waals surface area contributed by atoms with E-state index in [-0.39, 0.29) is 5.41 Å². The van der Waals surface area contributed by atoms with Gasteiger partial charge in [0.25, 0.3) is 0 Å². The lowest BCUT2D eigenvalue weighted by atomic mass is 9.82. The molecule has 1 aromatic carbocycles. The first-order chi connectivity index (χ1) is 9.03. The van der Waals surface area contributed by atoms with Crippen molar-refractivity contribution in [3.8, 4) is 11.5 Å². The molecule has 0 aliphatic rings. The van der Waals surface area contributed by atoms with Crippen LogP contribution >= 0.6 is 0 Å². The second-order valence-electron chi connectivity index (χ2n) is 5.43. The highest BCUT2D eigenvalue weighted by Gasteiger charge is 2.27. The van der Waals surface area contributed by atoms with E-state index in [1.807, 2.05) is 44.2 Å². The Morgan fingerprint density at radius 3 is 2.53 bits per heavy atom. The third kappa shape index (κ3) is 3.20. The second-order valence-corrected chi connectivity index (χ2v) is 5.43. The molecule has 2 rings (SSSR count). The largest absolute Gasteiger partial charge is 0.421 e. The van der Waals surface area contributed by atoms with Crippen molar-refractivity contribution in [3.05, 3.63) is 36.2 Å². The zero-order chi connectivity index (χ0) is 13.9. The Morgan fingerprint density at radius 2 is 1.89 bits per heavy atom. The maximum absolute atomic E-state index is 10.2. The molecule has 0 saturated heterocycles. The summed E-state index contributed by atoms with van der Waals surface area (Å²) in [5.74, 6) is 0.977. The van der Waals surface area contributed by atoms with Gasteiger partial charge in [0.1, 0.15) is 0 Å². The molecule has 0 amide bonds. The Bertz CT molecular complexity index is 520. The first-order valence-corrected chi connectivity index (χ1v) is 6.59. The first-order valence-electron chi connectivity index (χ1n) is 6.59. The highest BCUT2D eigenvalue weighted by molar-refractivity contribution is 5.51. The fraction of sp³-hybridized carbons (Fsp3) is 0.467. The third-order valence-corrected chi connectivity index (χ3v) is 3.67. The predicted octanol–water partition coefficient (Wildman–Crippen LogP) is 3.08. The van der Waals surface area contributed by atoms with Crippen LogP contribution in [0.15, 0.2) is 34.7 Å². The van der Waals surface area contributed by atoms with Crippen molar-refractivity contribution in [2.24, 2.45) is 5.41 Å². The maximum atomic E-state index is 10.2. The van der Waals surface area contributed by atoms with E-state index < -0.39 is 6.10 Å². The topological polar surface area (TPSA) is 59.2 Å². The summed E-state index contributed by atoms with van der Waals surface area (Å²) >= 11 is 0. The van der Waals surface area contributed by atoms with Gasteiger partial charge in [0.15, 0.2) is 0 Å². The molecular weight excluding hydrogens is 240 g/mol. The van der Waals surface area contributed by atoms with Crippen molar-refractivity contribution in [1.82, 2.24) is 10.2 Å². The van der Waals surface area contributed by atoms with E-state index in [0.717, 1.165) is 12.0 Å². The molecule has 0 unspecified atom stereocenters. The number of hydrogen-bond acceptors (Lipinski definition) is 4. The molecule has 19 heavy (non-hydrogen) atoms. The average Bonchev–Trinajstić information content (AvgIpc) is 2.88. The van der Waals surface area contributed by atoms with E-state index in [1.54, 1.807) is 0 Å². The van der Waals surface area contributed by atoms with Crippen molar-refractivity contribution >= 4 is 0 Å². The number of nitrogens with zero attached hydrogens (tertiary/aromatic N) is 2. The first kappa shape index (κ1) is 13.7. The van der Waals surface area contributed by atoms with Gasteiger partial charge < -0.3 is 9.52 Å². The van der Waals surface area contributed by atoms with E-state index in [1.165, 1.54) is 0 Å². The number of aliphatic hydroxyl groups is 1. The van der Waals surface area contributed by atoms with Gasteiger partial charge in [0.2, 0.25) is 11.8 Å². The van der Waals surface area contributed by atoms with Crippen molar-refractivity contribution in [3.63, 3.8) is 0 Å². The summed E-state index contributed by atoms with van der Waals surface area (Å²) in [6.45, 7) is 6.13. The van der Waals surface area contributed by atoms with E-state index in [2.05, 4.69) is 17.1 Å². The van der Waals surface area contributed by atoms with E-state index in [4.69, 9.17) is 4.42 Å². The minimum absolute atomic E-state index is 0.151. The van der Waals surface area contributed by atoms with Gasteiger partial charge in [0, 0.05) is 5.56 Å². The zero-order valence-corrected chi connectivity index (χ0v) is 11.6. The molecule has 102 valence electrons. The summed E-state index contributed by atoms with van der Waals surface area (Å²) < 4.78 is 5.60. The van der Waals surface area contributed by atoms with Gasteiger partial charge in [-0.2, -0.15) is 0 Å². The Morgan fingerprint density at radius 1 is 1.21 bits per heavy atom. The molecule has 0 aliphatic heterocycles. The molecule has 2 aromatic rings. The molecule has 0 saturated carbocycles. The Balaban J connectivity index is 2.10. The standard InChI is InChI=1S/C15H20N2O2/c1-4-15(2,3)12(18)10-13-16-17-14(19-13)11-8-6-5-7-9-11/h5-9,12,18H,4,10H2,1-3H3/t12-/m1/s1. The van der Waals surface area contributed by atoms with Crippen molar-refractivity contribution < 1.29 is 9.52 Å². The van der Waals surface area contributed by atoms with Crippen LogP contribution in [0.25, 0.3) is 11.5 Å². The van der Waals surface area contributed by atoms with Crippen LogP contribution in [-0.2, 0) is 6.42 Å². The van der Waals surface area contributed by atoms with Crippen LogP contribution in [0.3, 0.4) is 0 Å². The molecule has 0 spiro atoms. The molecular formula is C15H20N2O2. The Kier molecular flexibility index (Phi) is 4.00. The van der Waals surface area contributed by atoms with Gasteiger partial charge in [0.05, 0.1) is 12.5 Å². The van der Waals surface area contributed by atoms with E-state index in [9.17, 15) is 5.11 Å². The van der Waals surface area contributed by atoms with Gasteiger partial charge in [-0.15, -0.1) is 10.2 Å². The van der Waals surface area contributed by atoms with Crippen LogP contribution in [0.2, 0.25) is 0 Å². The molecule has 0 aliphatic carbocycles. The minimum Gasteiger partial charge on any atom is -0.421 e. The SMILES string of the molecule is CCC(C)(C)[C@H](O)Cc1nnc(-c2ccccc2)o1. The Hall–Kier alpha value is -1.68. The zero-order valence-electron chi connectivity index (χ0n) is 11.6. The number of benzene rings is 1. The van der Waals surface area contributed by atoms with Crippen molar-refractivity contribution in [1.29, 1.82) is 0 Å². The average molecular weight is 260 g/mol. The van der Waals surface area contributed by atoms with Crippen LogP contribution in [0, 0.1) is 5.41 Å². The normalized spacial score (nSPS) is 13.5. The van der Waals surface area contributed by atoms with Gasteiger partial charge in [-0.25, -0.2) is 0 Å². The third-order valence-electron chi connectivity index (χ3n) is 3.67.